The maximum atomic E-state index is 12.6. The molecule has 0 fully saturated rings. The van der Waals surface area contributed by atoms with Crippen LogP contribution >= 0.6 is 0 Å². The summed E-state index contributed by atoms with van der Waals surface area (Å²) in [5.41, 5.74) is 0.817. The third-order valence-electron chi connectivity index (χ3n) is 3.99. The highest BCUT2D eigenvalue weighted by molar-refractivity contribution is 6.22. The van der Waals surface area contributed by atoms with Gasteiger partial charge in [-0.15, -0.1) is 0 Å². The Labute approximate surface area is 138 Å². The lowest BCUT2D eigenvalue weighted by Gasteiger charge is -2.28. The predicted octanol–water partition coefficient (Wildman–Crippen LogP) is 1.56. The van der Waals surface area contributed by atoms with E-state index in [1.807, 2.05) is 0 Å². The van der Waals surface area contributed by atoms with Gasteiger partial charge in [0.25, 0.3) is 11.8 Å². The van der Waals surface area contributed by atoms with E-state index in [1.165, 1.54) is 12.1 Å². The van der Waals surface area contributed by atoms with Crippen molar-refractivity contribution < 1.29 is 24.2 Å². The summed E-state index contributed by atoms with van der Waals surface area (Å²) < 4.78 is 4.72. The minimum atomic E-state index is -1.45. The number of fused-ring (bicyclic) bond motifs is 1. The first-order valence-corrected chi connectivity index (χ1v) is 7.34. The van der Waals surface area contributed by atoms with Crippen molar-refractivity contribution in [1.29, 1.82) is 0 Å². The number of carbonyl (C=O) groups excluding carboxylic acids is 3. The maximum Gasteiger partial charge on any atom is 0.332 e. The summed E-state index contributed by atoms with van der Waals surface area (Å²) in [6.45, 7) is 0. The van der Waals surface area contributed by atoms with Crippen molar-refractivity contribution >= 4 is 17.8 Å². The van der Waals surface area contributed by atoms with Crippen LogP contribution in [0, 0.1) is 0 Å². The molecule has 0 spiro atoms. The molecule has 0 aromatic heterocycles. The first kappa shape index (κ1) is 15.9. The molecule has 0 saturated heterocycles. The smallest absolute Gasteiger partial charge is 0.332 e. The van der Waals surface area contributed by atoms with Crippen molar-refractivity contribution in [3.05, 3.63) is 71.3 Å². The topological polar surface area (TPSA) is 83.9 Å². The van der Waals surface area contributed by atoms with E-state index < -0.39 is 29.9 Å². The Balaban J connectivity index is 2.04. The van der Waals surface area contributed by atoms with Crippen molar-refractivity contribution in [3.8, 4) is 0 Å². The Hall–Kier alpha value is -2.99. The van der Waals surface area contributed by atoms with Gasteiger partial charge in [0.2, 0.25) is 0 Å². The Morgan fingerprint density at radius 2 is 1.46 bits per heavy atom. The summed E-state index contributed by atoms with van der Waals surface area (Å²) in [4.78, 5) is 38.2. The Morgan fingerprint density at radius 1 is 0.958 bits per heavy atom. The number of esters is 1. The highest BCUT2D eigenvalue weighted by Gasteiger charge is 2.46. The summed E-state index contributed by atoms with van der Waals surface area (Å²) in [5.74, 6) is -2.11. The quantitative estimate of drug-likeness (QED) is 0.681. The summed E-state index contributed by atoms with van der Waals surface area (Å²) >= 11 is 0. The number of imide groups is 1. The lowest BCUT2D eigenvalue weighted by molar-refractivity contribution is -0.149. The number of benzene rings is 2. The van der Waals surface area contributed by atoms with Crippen molar-refractivity contribution in [2.45, 2.75) is 12.1 Å². The molecule has 6 heteroatoms. The fraction of sp³-hybridized carbons (Fsp3) is 0.167. The van der Waals surface area contributed by atoms with Crippen LogP contribution in [0.4, 0.5) is 0 Å². The molecular weight excluding hydrogens is 310 g/mol. The van der Waals surface area contributed by atoms with E-state index in [4.69, 9.17) is 4.74 Å². The molecular formula is C18H15NO5. The summed E-state index contributed by atoms with van der Waals surface area (Å²) in [5, 5.41) is 10.6. The molecule has 1 aliphatic rings. The third kappa shape index (κ3) is 2.47. The van der Waals surface area contributed by atoms with Gasteiger partial charge < -0.3 is 9.84 Å². The highest BCUT2D eigenvalue weighted by Crippen LogP contribution is 2.30. The number of methoxy groups -OCH3 is 1. The van der Waals surface area contributed by atoms with Crippen molar-refractivity contribution in [2.75, 3.05) is 7.11 Å². The largest absolute Gasteiger partial charge is 0.467 e. The van der Waals surface area contributed by atoms with Crippen LogP contribution in [-0.4, -0.2) is 40.9 Å². The van der Waals surface area contributed by atoms with Gasteiger partial charge in [-0.05, 0) is 17.7 Å². The molecule has 0 bridgehead atoms. The van der Waals surface area contributed by atoms with Crippen LogP contribution in [-0.2, 0) is 9.53 Å². The number of hydrogen-bond acceptors (Lipinski definition) is 5. The van der Waals surface area contributed by atoms with Crippen LogP contribution in [0.2, 0.25) is 0 Å². The number of hydrogen-bond donors (Lipinski definition) is 1. The van der Waals surface area contributed by atoms with Crippen LogP contribution in [0.25, 0.3) is 0 Å². The molecule has 1 aliphatic heterocycles. The van der Waals surface area contributed by atoms with Crippen molar-refractivity contribution in [2.24, 2.45) is 0 Å². The van der Waals surface area contributed by atoms with Crippen molar-refractivity contribution in [1.82, 2.24) is 4.90 Å². The zero-order chi connectivity index (χ0) is 17.3. The standard InChI is InChI=1S/C18H15NO5/c1-24-18(23)14(15(20)11-7-3-2-4-8-11)19-16(21)12-9-5-6-10-13(12)17(19)22/h2-10,14-15,20H,1H3/t14-,15+/m0/s1. The van der Waals surface area contributed by atoms with E-state index in [-0.39, 0.29) is 11.1 Å². The number of nitrogens with zero attached hydrogens (tertiary/aromatic N) is 1. The van der Waals surface area contributed by atoms with Gasteiger partial charge in [-0.25, -0.2) is 4.79 Å². The molecule has 2 aromatic carbocycles. The molecule has 1 N–H and O–H groups in total. The molecule has 2 atom stereocenters. The normalized spacial score (nSPS) is 15.8. The minimum Gasteiger partial charge on any atom is -0.467 e. The first-order chi connectivity index (χ1) is 11.6. The molecule has 1 heterocycles. The second kappa shape index (κ2) is 6.25. The second-order valence-electron chi connectivity index (χ2n) is 5.35. The van der Waals surface area contributed by atoms with Gasteiger partial charge in [0.05, 0.1) is 18.2 Å². The number of aliphatic hydroxyl groups excluding tert-OH is 1. The second-order valence-corrected chi connectivity index (χ2v) is 5.35. The molecule has 0 radical (unpaired) electrons. The predicted molar refractivity (Wildman–Crippen MR) is 84.1 cm³/mol. The SMILES string of the molecule is COC(=O)[C@H]([C@H](O)c1ccccc1)N1C(=O)c2ccccc2C1=O. The molecule has 0 aliphatic carbocycles. The van der Waals surface area contributed by atoms with Crippen LogP contribution in [0.3, 0.4) is 0 Å². The van der Waals surface area contributed by atoms with Gasteiger partial charge >= 0.3 is 5.97 Å². The fourth-order valence-electron chi connectivity index (χ4n) is 2.79. The van der Waals surface area contributed by atoms with Gasteiger partial charge in [-0.1, -0.05) is 42.5 Å². The molecule has 2 amide bonds. The number of ether oxygens (including phenoxy) is 1. The number of carbonyl (C=O) groups is 3. The Kier molecular flexibility index (Phi) is 4.14. The van der Waals surface area contributed by atoms with Crippen LogP contribution in [0.15, 0.2) is 54.6 Å². The fourth-order valence-corrected chi connectivity index (χ4v) is 2.79. The molecule has 2 aromatic rings. The van der Waals surface area contributed by atoms with E-state index in [0.717, 1.165) is 12.0 Å². The van der Waals surface area contributed by atoms with E-state index >= 15 is 0 Å². The average Bonchev–Trinajstić information content (AvgIpc) is 2.88. The molecule has 0 unspecified atom stereocenters. The summed E-state index contributed by atoms with van der Waals surface area (Å²) in [7, 11) is 1.14. The number of aliphatic hydroxyl groups is 1. The van der Waals surface area contributed by atoms with E-state index in [9.17, 15) is 19.5 Å². The third-order valence-corrected chi connectivity index (χ3v) is 3.99. The lowest BCUT2D eigenvalue weighted by atomic mass is 10.0. The van der Waals surface area contributed by atoms with Gasteiger partial charge in [0.15, 0.2) is 6.04 Å². The van der Waals surface area contributed by atoms with Crippen LogP contribution in [0.5, 0.6) is 0 Å². The molecule has 122 valence electrons. The lowest BCUT2D eigenvalue weighted by Crippen LogP contribution is -2.49. The molecule has 0 saturated carbocycles. The monoisotopic (exact) mass is 325 g/mol. The van der Waals surface area contributed by atoms with Gasteiger partial charge in [-0.3, -0.25) is 14.5 Å². The van der Waals surface area contributed by atoms with E-state index in [1.54, 1.807) is 42.5 Å². The molecule has 3 rings (SSSR count). The maximum absolute atomic E-state index is 12.6. The zero-order valence-electron chi connectivity index (χ0n) is 12.9. The zero-order valence-corrected chi connectivity index (χ0v) is 12.9. The van der Waals surface area contributed by atoms with Gasteiger partial charge in [0, 0.05) is 0 Å². The van der Waals surface area contributed by atoms with Crippen LogP contribution in [0.1, 0.15) is 32.4 Å². The Morgan fingerprint density at radius 3 is 1.96 bits per heavy atom. The average molecular weight is 325 g/mol. The van der Waals surface area contributed by atoms with Gasteiger partial charge in [-0.2, -0.15) is 0 Å². The van der Waals surface area contributed by atoms with Gasteiger partial charge in [0.1, 0.15) is 6.10 Å². The first-order valence-electron chi connectivity index (χ1n) is 7.34. The van der Waals surface area contributed by atoms with E-state index in [0.29, 0.717) is 5.56 Å². The van der Waals surface area contributed by atoms with Crippen molar-refractivity contribution in [3.63, 3.8) is 0 Å². The number of amides is 2. The molecule has 6 nitrogen and oxygen atoms in total. The molecule has 24 heavy (non-hydrogen) atoms. The van der Waals surface area contributed by atoms with Crippen LogP contribution < -0.4 is 0 Å². The Bertz CT molecular complexity index is 767. The highest BCUT2D eigenvalue weighted by atomic mass is 16.5. The summed E-state index contributed by atoms with van der Waals surface area (Å²) in [6, 6.07) is 13.2. The summed E-state index contributed by atoms with van der Waals surface area (Å²) in [6.07, 6.45) is -1.39. The number of rotatable bonds is 4. The minimum absolute atomic E-state index is 0.205. The van der Waals surface area contributed by atoms with E-state index in [2.05, 4.69) is 0 Å².